The molecule has 2 aliphatic heterocycles. The van der Waals surface area contributed by atoms with Crippen LogP contribution < -0.4 is 5.32 Å². The summed E-state index contributed by atoms with van der Waals surface area (Å²) in [7, 11) is -2.29. The monoisotopic (exact) mass is 342 g/mol. The van der Waals surface area contributed by atoms with Crippen LogP contribution in [0.4, 0.5) is 4.39 Å². The van der Waals surface area contributed by atoms with Crippen molar-refractivity contribution in [3.63, 3.8) is 0 Å². The molecule has 6 nitrogen and oxygen atoms in total. The Labute approximate surface area is 134 Å². The van der Waals surface area contributed by atoms with Crippen molar-refractivity contribution >= 4 is 15.9 Å². The number of halogens is 1. The summed E-state index contributed by atoms with van der Waals surface area (Å²) in [5.74, 6) is -0.792. The largest absolute Gasteiger partial charge is 0.373 e. The minimum atomic E-state index is -3.86. The molecule has 0 spiro atoms. The predicted octanol–water partition coefficient (Wildman–Crippen LogP) is 0.740. The van der Waals surface area contributed by atoms with Crippen LogP contribution in [0.3, 0.4) is 0 Å². The molecule has 0 bridgehead atoms. The lowest BCUT2D eigenvalue weighted by Gasteiger charge is -2.19. The van der Waals surface area contributed by atoms with E-state index >= 15 is 0 Å². The zero-order chi connectivity index (χ0) is 16.6. The van der Waals surface area contributed by atoms with E-state index in [9.17, 15) is 17.6 Å². The second kappa shape index (κ2) is 6.18. The summed E-state index contributed by atoms with van der Waals surface area (Å²) in [5.41, 5.74) is 0. The van der Waals surface area contributed by atoms with Crippen LogP contribution in [0.2, 0.25) is 0 Å². The summed E-state index contributed by atoms with van der Waals surface area (Å²) in [4.78, 5) is 11.1. The third kappa shape index (κ3) is 3.11. The number of carbonyl (C=O) groups excluding carboxylic acids is 1. The van der Waals surface area contributed by atoms with Crippen molar-refractivity contribution in [3.05, 3.63) is 30.1 Å². The van der Waals surface area contributed by atoms with Crippen LogP contribution in [0.1, 0.15) is 12.8 Å². The van der Waals surface area contributed by atoms with Gasteiger partial charge in [0.15, 0.2) is 0 Å². The lowest BCUT2D eigenvalue weighted by Crippen LogP contribution is -2.32. The molecule has 1 amide bonds. The van der Waals surface area contributed by atoms with Crippen molar-refractivity contribution in [2.75, 3.05) is 20.1 Å². The lowest BCUT2D eigenvalue weighted by molar-refractivity contribution is -0.123. The van der Waals surface area contributed by atoms with E-state index < -0.39 is 15.8 Å². The number of nitrogens with zero attached hydrogens (tertiary/aromatic N) is 1. The van der Waals surface area contributed by atoms with E-state index in [0.717, 1.165) is 6.07 Å². The van der Waals surface area contributed by atoms with Crippen LogP contribution in [0.25, 0.3) is 0 Å². The molecule has 2 saturated heterocycles. The van der Waals surface area contributed by atoms with Crippen molar-refractivity contribution in [2.24, 2.45) is 5.92 Å². The molecule has 3 rings (SSSR count). The third-order valence-electron chi connectivity index (χ3n) is 4.43. The van der Waals surface area contributed by atoms with Gasteiger partial charge >= 0.3 is 0 Å². The van der Waals surface area contributed by atoms with Gasteiger partial charge in [-0.1, -0.05) is 12.1 Å². The fraction of sp³-hybridized carbons (Fsp3) is 0.533. The van der Waals surface area contributed by atoms with Crippen LogP contribution in [0.5, 0.6) is 0 Å². The number of ether oxygens (including phenoxy) is 1. The van der Waals surface area contributed by atoms with Gasteiger partial charge in [0, 0.05) is 26.1 Å². The second-order valence-electron chi connectivity index (χ2n) is 5.92. The molecule has 1 N–H and O–H groups in total. The lowest BCUT2D eigenvalue weighted by atomic mass is 10.0. The first-order valence-electron chi connectivity index (χ1n) is 7.52. The number of rotatable bonds is 4. The molecule has 0 aromatic heterocycles. The van der Waals surface area contributed by atoms with Crippen LogP contribution in [-0.2, 0) is 19.6 Å². The molecule has 0 radical (unpaired) electrons. The van der Waals surface area contributed by atoms with Gasteiger partial charge in [-0.2, -0.15) is 4.31 Å². The van der Waals surface area contributed by atoms with Gasteiger partial charge in [0.05, 0.1) is 18.6 Å². The molecule has 3 atom stereocenters. The van der Waals surface area contributed by atoms with Gasteiger partial charge in [-0.3, -0.25) is 4.79 Å². The molecule has 2 fully saturated rings. The first-order chi connectivity index (χ1) is 10.9. The van der Waals surface area contributed by atoms with Crippen molar-refractivity contribution < 1.29 is 22.3 Å². The van der Waals surface area contributed by atoms with E-state index in [2.05, 4.69) is 5.32 Å². The molecular weight excluding hydrogens is 323 g/mol. The average molecular weight is 342 g/mol. The minimum Gasteiger partial charge on any atom is -0.373 e. The van der Waals surface area contributed by atoms with Crippen LogP contribution >= 0.6 is 0 Å². The highest BCUT2D eigenvalue weighted by atomic mass is 32.2. The quantitative estimate of drug-likeness (QED) is 0.876. The highest BCUT2D eigenvalue weighted by Crippen LogP contribution is 2.36. The molecule has 1 aromatic carbocycles. The van der Waals surface area contributed by atoms with Crippen molar-refractivity contribution in [3.8, 4) is 0 Å². The van der Waals surface area contributed by atoms with Crippen molar-refractivity contribution in [1.82, 2.24) is 9.62 Å². The molecule has 2 aliphatic rings. The summed E-state index contributed by atoms with van der Waals surface area (Å²) in [5, 5.41) is 2.55. The predicted molar refractivity (Wildman–Crippen MR) is 80.6 cm³/mol. The summed E-state index contributed by atoms with van der Waals surface area (Å²) < 4.78 is 46.0. The Morgan fingerprint density at radius 3 is 2.78 bits per heavy atom. The molecule has 0 saturated carbocycles. The number of amides is 1. The fourth-order valence-electron chi connectivity index (χ4n) is 3.25. The van der Waals surface area contributed by atoms with Gasteiger partial charge in [-0.15, -0.1) is 0 Å². The Morgan fingerprint density at radius 1 is 1.39 bits per heavy atom. The zero-order valence-corrected chi connectivity index (χ0v) is 13.6. The summed E-state index contributed by atoms with van der Waals surface area (Å²) >= 11 is 0. The first kappa shape index (κ1) is 16.4. The minimum absolute atomic E-state index is 0.0474. The fourth-order valence-corrected chi connectivity index (χ4v) is 4.83. The third-order valence-corrected chi connectivity index (χ3v) is 6.29. The standard InChI is InChI=1S/C15H19FN2O4S/c1-17-15(19)7-11-6-10-8-18(9-13(10)22-11)23(20,21)14-5-3-2-4-12(14)16/h2-5,10-11,13H,6-9H2,1H3,(H,17,19)/t10-,11-,13+/m0/s1. The van der Waals surface area contributed by atoms with Gasteiger partial charge < -0.3 is 10.1 Å². The maximum atomic E-state index is 13.8. The number of fused-ring (bicyclic) bond motifs is 1. The highest BCUT2D eigenvalue weighted by molar-refractivity contribution is 7.89. The van der Waals surface area contributed by atoms with Crippen LogP contribution in [-0.4, -0.2) is 51.0 Å². The summed E-state index contributed by atoms with van der Waals surface area (Å²) in [6.45, 7) is 0.497. The number of sulfonamides is 1. The normalized spacial score (nSPS) is 27.8. The topological polar surface area (TPSA) is 75.7 Å². The van der Waals surface area contributed by atoms with E-state index in [4.69, 9.17) is 4.74 Å². The Bertz CT molecular complexity index is 695. The van der Waals surface area contributed by atoms with Gasteiger partial charge in [-0.25, -0.2) is 12.8 Å². The van der Waals surface area contributed by atoms with E-state index in [1.165, 1.54) is 22.5 Å². The highest BCUT2D eigenvalue weighted by Gasteiger charge is 2.46. The molecule has 2 heterocycles. The van der Waals surface area contributed by atoms with Gasteiger partial charge in [-0.05, 0) is 18.6 Å². The molecule has 1 aromatic rings. The Kier molecular flexibility index (Phi) is 4.39. The van der Waals surface area contributed by atoms with Gasteiger partial charge in [0.1, 0.15) is 10.7 Å². The van der Waals surface area contributed by atoms with E-state index in [-0.39, 0.29) is 41.9 Å². The molecular formula is C15H19FN2O4S. The van der Waals surface area contributed by atoms with E-state index in [1.54, 1.807) is 7.05 Å². The summed E-state index contributed by atoms with van der Waals surface area (Å²) in [6, 6.07) is 5.37. The number of benzene rings is 1. The van der Waals surface area contributed by atoms with Crippen molar-refractivity contribution in [2.45, 2.75) is 29.9 Å². The Morgan fingerprint density at radius 2 is 2.13 bits per heavy atom. The smallest absolute Gasteiger partial charge is 0.246 e. The number of carbonyl (C=O) groups is 1. The first-order valence-corrected chi connectivity index (χ1v) is 8.96. The molecule has 126 valence electrons. The maximum Gasteiger partial charge on any atom is 0.246 e. The van der Waals surface area contributed by atoms with Gasteiger partial charge in [0.2, 0.25) is 15.9 Å². The average Bonchev–Trinajstić information content (AvgIpc) is 3.06. The maximum absolute atomic E-state index is 13.8. The SMILES string of the molecule is CNC(=O)C[C@@H]1C[C@H]2CN(S(=O)(=O)c3ccccc3F)C[C@H]2O1. The second-order valence-corrected chi connectivity index (χ2v) is 7.83. The van der Waals surface area contributed by atoms with Crippen LogP contribution in [0.15, 0.2) is 29.2 Å². The van der Waals surface area contributed by atoms with Crippen LogP contribution in [0, 0.1) is 11.7 Å². The Balaban J connectivity index is 1.69. The van der Waals surface area contributed by atoms with Crippen molar-refractivity contribution in [1.29, 1.82) is 0 Å². The Hall–Kier alpha value is -1.51. The zero-order valence-electron chi connectivity index (χ0n) is 12.7. The summed E-state index contributed by atoms with van der Waals surface area (Å²) in [6.07, 6.45) is 0.514. The van der Waals surface area contributed by atoms with Gasteiger partial charge in [0.25, 0.3) is 0 Å². The molecule has 8 heteroatoms. The molecule has 0 aliphatic carbocycles. The number of hydrogen-bond acceptors (Lipinski definition) is 4. The molecule has 23 heavy (non-hydrogen) atoms. The van der Waals surface area contributed by atoms with E-state index in [0.29, 0.717) is 13.0 Å². The number of nitrogens with one attached hydrogen (secondary N) is 1. The van der Waals surface area contributed by atoms with E-state index in [1.807, 2.05) is 0 Å². The molecule has 0 unspecified atom stereocenters. The number of hydrogen-bond donors (Lipinski definition) is 1.